The molecule has 0 spiro atoms. The van der Waals surface area contributed by atoms with Crippen LogP contribution in [-0.4, -0.2) is 17.9 Å². The predicted molar refractivity (Wildman–Crippen MR) is 125 cm³/mol. The van der Waals surface area contributed by atoms with Crippen LogP contribution in [0.4, 0.5) is 0 Å². The molecule has 0 aliphatic rings. The number of hydrogen-bond donors (Lipinski definition) is 2. The van der Waals surface area contributed by atoms with Crippen LogP contribution in [0.25, 0.3) is 0 Å². The smallest absolute Gasteiger partial charge is 0.287 e. The van der Waals surface area contributed by atoms with E-state index in [1.165, 1.54) is 6.26 Å². The van der Waals surface area contributed by atoms with Crippen molar-refractivity contribution in [3.05, 3.63) is 120 Å². The number of rotatable bonds is 9. The largest absolute Gasteiger partial charge is 0.459 e. The van der Waals surface area contributed by atoms with Crippen molar-refractivity contribution in [1.29, 1.82) is 0 Å². The summed E-state index contributed by atoms with van der Waals surface area (Å²) in [5.74, 6) is 0.784. The number of benzene rings is 3. The summed E-state index contributed by atoms with van der Waals surface area (Å²) < 4.78 is 11.1. The summed E-state index contributed by atoms with van der Waals surface area (Å²) in [5.41, 5.74) is 1.76. The highest BCUT2D eigenvalue weighted by atomic mass is 16.5. The SMILES string of the molecule is O=C(NC(Cc1ccccc1)C(=O)NCc1ccccc1Oc1ccccc1)c1ccco1. The molecule has 0 aliphatic carbocycles. The molecule has 0 bridgehead atoms. The number of hydrogen-bond acceptors (Lipinski definition) is 4. The fraction of sp³-hybridized carbons (Fsp3) is 0.111. The molecule has 33 heavy (non-hydrogen) atoms. The predicted octanol–water partition coefficient (Wildman–Crippen LogP) is 4.73. The highest BCUT2D eigenvalue weighted by Crippen LogP contribution is 2.25. The van der Waals surface area contributed by atoms with Crippen LogP contribution in [0.2, 0.25) is 0 Å². The Morgan fingerprint density at radius 2 is 1.52 bits per heavy atom. The van der Waals surface area contributed by atoms with Gasteiger partial charge in [0.05, 0.1) is 6.26 Å². The Hall–Kier alpha value is -4.32. The molecular formula is C27H24N2O4. The number of carbonyl (C=O) groups is 2. The molecule has 6 heteroatoms. The molecule has 166 valence electrons. The van der Waals surface area contributed by atoms with Gasteiger partial charge in [0.15, 0.2) is 5.76 Å². The molecule has 0 aliphatic heterocycles. The van der Waals surface area contributed by atoms with E-state index in [9.17, 15) is 9.59 Å². The molecule has 1 aromatic heterocycles. The number of nitrogens with one attached hydrogen (secondary N) is 2. The highest BCUT2D eigenvalue weighted by Gasteiger charge is 2.23. The zero-order valence-electron chi connectivity index (χ0n) is 17.9. The molecule has 2 amide bonds. The van der Waals surface area contributed by atoms with Crippen LogP contribution in [0.3, 0.4) is 0 Å². The van der Waals surface area contributed by atoms with Crippen LogP contribution in [0.1, 0.15) is 21.7 Å². The molecule has 1 atom stereocenters. The van der Waals surface area contributed by atoms with E-state index in [2.05, 4.69) is 10.6 Å². The van der Waals surface area contributed by atoms with Crippen LogP contribution in [0.15, 0.2) is 108 Å². The quantitative estimate of drug-likeness (QED) is 0.394. The Morgan fingerprint density at radius 3 is 2.24 bits per heavy atom. The Morgan fingerprint density at radius 1 is 0.818 bits per heavy atom. The van der Waals surface area contributed by atoms with E-state index in [-0.39, 0.29) is 18.2 Å². The first-order valence-corrected chi connectivity index (χ1v) is 10.7. The Bertz CT molecular complexity index is 1180. The number of amides is 2. The third-order valence-corrected chi connectivity index (χ3v) is 5.05. The van der Waals surface area contributed by atoms with Gasteiger partial charge < -0.3 is 19.8 Å². The summed E-state index contributed by atoms with van der Waals surface area (Å²) in [5, 5.41) is 5.71. The van der Waals surface area contributed by atoms with Crippen LogP contribution >= 0.6 is 0 Å². The molecule has 6 nitrogen and oxygen atoms in total. The lowest BCUT2D eigenvalue weighted by molar-refractivity contribution is -0.123. The molecule has 3 aromatic carbocycles. The molecule has 1 unspecified atom stereocenters. The van der Waals surface area contributed by atoms with E-state index < -0.39 is 11.9 Å². The minimum absolute atomic E-state index is 0.155. The third kappa shape index (κ3) is 6.11. The summed E-state index contributed by atoms with van der Waals surface area (Å²) >= 11 is 0. The summed E-state index contributed by atoms with van der Waals surface area (Å²) in [4.78, 5) is 25.6. The second-order valence-electron chi connectivity index (χ2n) is 7.43. The van der Waals surface area contributed by atoms with Crippen LogP contribution in [-0.2, 0) is 17.8 Å². The molecule has 1 heterocycles. The molecule has 4 rings (SSSR count). The van der Waals surface area contributed by atoms with Gasteiger partial charge in [-0.1, -0.05) is 66.7 Å². The highest BCUT2D eigenvalue weighted by molar-refractivity contribution is 5.95. The average molecular weight is 440 g/mol. The van der Waals surface area contributed by atoms with Crippen molar-refractivity contribution < 1.29 is 18.7 Å². The first-order chi connectivity index (χ1) is 16.2. The minimum atomic E-state index is -0.771. The van der Waals surface area contributed by atoms with E-state index in [1.54, 1.807) is 12.1 Å². The van der Waals surface area contributed by atoms with Gasteiger partial charge in [-0.15, -0.1) is 0 Å². The van der Waals surface area contributed by atoms with Gasteiger partial charge in [0.25, 0.3) is 5.91 Å². The standard InChI is InChI=1S/C27H24N2O4/c30-26(28-19-21-12-7-8-15-24(21)33-22-13-5-2-6-14-22)23(18-20-10-3-1-4-11-20)29-27(31)25-16-9-17-32-25/h1-17,23H,18-19H2,(H,28,30)(H,29,31). The second-order valence-corrected chi connectivity index (χ2v) is 7.43. The van der Waals surface area contributed by atoms with Gasteiger partial charge in [-0.3, -0.25) is 9.59 Å². The number of furan rings is 1. The Labute approximate surface area is 192 Å². The first-order valence-electron chi connectivity index (χ1n) is 10.7. The molecular weight excluding hydrogens is 416 g/mol. The minimum Gasteiger partial charge on any atom is -0.459 e. The lowest BCUT2D eigenvalue weighted by atomic mass is 10.0. The third-order valence-electron chi connectivity index (χ3n) is 5.05. The van der Waals surface area contributed by atoms with Gasteiger partial charge in [0.1, 0.15) is 17.5 Å². The van der Waals surface area contributed by atoms with Crippen LogP contribution in [0.5, 0.6) is 11.5 Å². The maximum Gasteiger partial charge on any atom is 0.287 e. The van der Waals surface area contributed by atoms with E-state index in [4.69, 9.17) is 9.15 Å². The Kier molecular flexibility index (Phi) is 7.18. The maximum absolute atomic E-state index is 13.1. The van der Waals surface area contributed by atoms with Crippen molar-refractivity contribution in [2.24, 2.45) is 0 Å². The molecule has 4 aromatic rings. The fourth-order valence-corrected chi connectivity index (χ4v) is 3.37. The molecule has 0 saturated heterocycles. The zero-order chi connectivity index (χ0) is 22.9. The van der Waals surface area contributed by atoms with Gasteiger partial charge >= 0.3 is 0 Å². The van der Waals surface area contributed by atoms with Gasteiger partial charge in [-0.2, -0.15) is 0 Å². The van der Waals surface area contributed by atoms with Crippen molar-refractivity contribution >= 4 is 11.8 Å². The summed E-state index contributed by atoms with van der Waals surface area (Å²) in [7, 11) is 0. The monoisotopic (exact) mass is 440 g/mol. The zero-order valence-corrected chi connectivity index (χ0v) is 17.9. The second kappa shape index (κ2) is 10.8. The maximum atomic E-state index is 13.1. The number of ether oxygens (including phenoxy) is 1. The van der Waals surface area contributed by atoms with Crippen molar-refractivity contribution in [1.82, 2.24) is 10.6 Å². The normalized spacial score (nSPS) is 11.4. The number of carbonyl (C=O) groups excluding carboxylic acids is 2. The first kappa shape index (κ1) is 21.9. The lowest BCUT2D eigenvalue weighted by Gasteiger charge is -2.19. The Balaban J connectivity index is 1.46. The van der Waals surface area contributed by atoms with Crippen molar-refractivity contribution in [2.45, 2.75) is 19.0 Å². The molecule has 0 fully saturated rings. The van der Waals surface area contributed by atoms with Gasteiger partial charge in [-0.25, -0.2) is 0 Å². The summed E-state index contributed by atoms with van der Waals surface area (Å²) in [6.07, 6.45) is 1.77. The van der Waals surface area contributed by atoms with Crippen molar-refractivity contribution in [3.8, 4) is 11.5 Å². The van der Waals surface area contributed by atoms with Crippen LogP contribution < -0.4 is 15.4 Å². The topological polar surface area (TPSA) is 80.6 Å². The fourth-order valence-electron chi connectivity index (χ4n) is 3.37. The van der Waals surface area contributed by atoms with Crippen molar-refractivity contribution in [3.63, 3.8) is 0 Å². The van der Waals surface area contributed by atoms with Crippen molar-refractivity contribution in [2.75, 3.05) is 0 Å². The van der Waals surface area contributed by atoms with E-state index in [0.29, 0.717) is 17.9 Å². The summed E-state index contributed by atoms with van der Waals surface area (Å²) in [6, 6.07) is 28.9. The van der Waals surface area contributed by atoms with E-state index in [1.807, 2.05) is 84.9 Å². The molecule has 0 radical (unpaired) electrons. The van der Waals surface area contributed by atoms with Gasteiger partial charge in [0.2, 0.25) is 5.91 Å². The number of para-hydroxylation sites is 2. The van der Waals surface area contributed by atoms with E-state index >= 15 is 0 Å². The van der Waals surface area contributed by atoms with Crippen LogP contribution in [0, 0.1) is 0 Å². The lowest BCUT2D eigenvalue weighted by Crippen LogP contribution is -2.47. The van der Waals surface area contributed by atoms with Gasteiger partial charge in [0, 0.05) is 18.5 Å². The molecule has 0 saturated carbocycles. The molecule has 2 N–H and O–H groups in total. The van der Waals surface area contributed by atoms with E-state index in [0.717, 1.165) is 11.1 Å². The summed E-state index contributed by atoms with van der Waals surface area (Å²) in [6.45, 7) is 0.254. The average Bonchev–Trinajstić information content (AvgIpc) is 3.39. The van der Waals surface area contributed by atoms with Gasteiger partial charge in [-0.05, 0) is 35.9 Å².